The van der Waals surface area contributed by atoms with E-state index in [1.54, 1.807) is 0 Å². The number of halogens is 1. The third kappa shape index (κ3) is 6.18. The lowest BCUT2D eigenvalue weighted by molar-refractivity contribution is -0.137. The summed E-state index contributed by atoms with van der Waals surface area (Å²) in [4.78, 5) is 28.2. The van der Waals surface area contributed by atoms with Gasteiger partial charge in [0.15, 0.2) is 0 Å². The molecule has 0 saturated carbocycles. The highest BCUT2D eigenvalue weighted by Crippen LogP contribution is 2.31. The number of pyridine rings is 1. The molecule has 0 bridgehead atoms. The maximum absolute atomic E-state index is 13.0. The van der Waals surface area contributed by atoms with Crippen molar-refractivity contribution in [1.82, 2.24) is 10.3 Å². The van der Waals surface area contributed by atoms with Crippen LogP contribution in [0.3, 0.4) is 0 Å². The van der Waals surface area contributed by atoms with Crippen LogP contribution in [-0.4, -0.2) is 28.5 Å². The van der Waals surface area contributed by atoms with Gasteiger partial charge in [0.1, 0.15) is 0 Å². The third-order valence-electron chi connectivity index (χ3n) is 5.80. The first-order valence-electron chi connectivity index (χ1n) is 11.2. The number of unbranched alkanes of at least 4 members (excludes halogenated alkanes) is 7. The second kappa shape index (κ2) is 11.3. The Hall–Kier alpha value is -2.14. The molecule has 0 fully saturated rings. The van der Waals surface area contributed by atoms with E-state index in [0.717, 1.165) is 91.9 Å². The average molecular weight is 431 g/mol. The fourth-order valence-electron chi connectivity index (χ4n) is 4.25. The number of aryl methyl sites for hydroxylation is 1. The standard InChI is InChI=1S/C24H31ClN2O3/c25-17-13-14-21-19(16-17)23(18-10-9-11-20(18)27-21)24(30)26-15-8-6-4-2-1-3-5-7-12-22(28)29/h13-14,16H,1-12,15H2,(H,26,30)(H,28,29). The Kier molecular flexibility index (Phi) is 8.50. The number of fused-ring (bicyclic) bond motifs is 2. The van der Waals surface area contributed by atoms with Crippen LogP contribution in [0.25, 0.3) is 10.9 Å². The summed E-state index contributed by atoms with van der Waals surface area (Å²) < 4.78 is 0. The minimum absolute atomic E-state index is 0.0127. The molecule has 0 aliphatic heterocycles. The molecule has 1 amide bonds. The number of nitrogens with zero attached hydrogens (tertiary/aromatic N) is 1. The summed E-state index contributed by atoms with van der Waals surface area (Å²) in [6, 6.07) is 5.58. The van der Waals surface area contributed by atoms with Gasteiger partial charge in [-0.3, -0.25) is 14.6 Å². The number of benzene rings is 1. The van der Waals surface area contributed by atoms with Crippen molar-refractivity contribution in [2.45, 2.75) is 77.0 Å². The largest absolute Gasteiger partial charge is 0.481 e. The molecule has 2 aromatic rings. The monoisotopic (exact) mass is 430 g/mol. The molecule has 0 spiro atoms. The molecule has 0 radical (unpaired) electrons. The molecule has 1 aliphatic carbocycles. The number of hydrogen-bond acceptors (Lipinski definition) is 3. The Morgan fingerprint density at radius 2 is 1.70 bits per heavy atom. The van der Waals surface area contributed by atoms with Gasteiger partial charge in [0.25, 0.3) is 5.91 Å². The van der Waals surface area contributed by atoms with Crippen molar-refractivity contribution >= 4 is 34.4 Å². The molecule has 0 unspecified atom stereocenters. The zero-order chi connectivity index (χ0) is 21.3. The molecule has 6 heteroatoms. The van der Waals surface area contributed by atoms with E-state index in [4.69, 9.17) is 21.7 Å². The quantitative estimate of drug-likeness (QED) is 0.423. The van der Waals surface area contributed by atoms with E-state index in [1.165, 1.54) is 6.42 Å². The molecular formula is C24H31ClN2O3. The van der Waals surface area contributed by atoms with Crippen LogP contribution in [0, 0.1) is 0 Å². The smallest absolute Gasteiger partial charge is 0.303 e. The summed E-state index contributed by atoms with van der Waals surface area (Å²) >= 11 is 6.19. The van der Waals surface area contributed by atoms with Gasteiger partial charge in [-0.15, -0.1) is 0 Å². The van der Waals surface area contributed by atoms with Crippen molar-refractivity contribution in [3.63, 3.8) is 0 Å². The molecule has 162 valence electrons. The average Bonchev–Trinajstić information content (AvgIpc) is 3.17. The van der Waals surface area contributed by atoms with Crippen molar-refractivity contribution in [2.24, 2.45) is 0 Å². The van der Waals surface area contributed by atoms with Gasteiger partial charge in [0, 0.05) is 29.1 Å². The van der Waals surface area contributed by atoms with Crippen molar-refractivity contribution in [3.05, 3.63) is 40.0 Å². The van der Waals surface area contributed by atoms with Gasteiger partial charge in [-0.05, 0) is 55.9 Å². The first kappa shape index (κ1) is 22.5. The van der Waals surface area contributed by atoms with Crippen molar-refractivity contribution < 1.29 is 14.7 Å². The third-order valence-corrected chi connectivity index (χ3v) is 6.04. The van der Waals surface area contributed by atoms with E-state index in [-0.39, 0.29) is 12.3 Å². The Balaban J connectivity index is 1.42. The minimum Gasteiger partial charge on any atom is -0.481 e. The van der Waals surface area contributed by atoms with Crippen LogP contribution in [0.5, 0.6) is 0 Å². The van der Waals surface area contributed by atoms with Gasteiger partial charge in [0.05, 0.1) is 11.1 Å². The number of carboxylic acids is 1. The number of nitrogens with one attached hydrogen (secondary N) is 1. The Bertz CT molecular complexity index is 898. The minimum atomic E-state index is -0.704. The fraction of sp³-hybridized carbons (Fsp3) is 0.542. The number of carboxylic acid groups (broad SMARTS) is 1. The van der Waals surface area contributed by atoms with E-state index in [9.17, 15) is 9.59 Å². The summed E-state index contributed by atoms with van der Waals surface area (Å²) in [6.07, 6.45) is 11.6. The maximum atomic E-state index is 13.0. The number of carbonyl (C=O) groups is 2. The summed E-state index contributed by atoms with van der Waals surface area (Å²) in [6.45, 7) is 0.677. The van der Waals surface area contributed by atoms with E-state index >= 15 is 0 Å². The van der Waals surface area contributed by atoms with Crippen LogP contribution in [0.2, 0.25) is 5.02 Å². The lowest BCUT2D eigenvalue weighted by Gasteiger charge is -2.13. The molecule has 1 aliphatic rings. The molecule has 0 saturated heterocycles. The first-order valence-corrected chi connectivity index (χ1v) is 11.5. The number of hydrogen-bond donors (Lipinski definition) is 2. The van der Waals surface area contributed by atoms with Gasteiger partial charge in [0.2, 0.25) is 0 Å². The molecular weight excluding hydrogens is 400 g/mol. The van der Waals surface area contributed by atoms with Crippen LogP contribution in [0.1, 0.15) is 85.8 Å². The van der Waals surface area contributed by atoms with Crippen LogP contribution < -0.4 is 5.32 Å². The Labute approximate surface area is 183 Å². The topological polar surface area (TPSA) is 79.3 Å². The molecule has 30 heavy (non-hydrogen) atoms. The summed E-state index contributed by atoms with van der Waals surface area (Å²) in [5.74, 6) is -0.717. The number of aliphatic carboxylic acids is 1. The van der Waals surface area contributed by atoms with Gasteiger partial charge in [-0.1, -0.05) is 50.1 Å². The predicted molar refractivity (Wildman–Crippen MR) is 120 cm³/mol. The van der Waals surface area contributed by atoms with Crippen LogP contribution in [-0.2, 0) is 17.6 Å². The lowest BCUT2D eigenvalue weighted by Crippen LogP contribution is -2.26. The van der Waals surface area contributed by atoms with Crippen molar-refractivity contribution in [1.29, 1.82) is 0 Å². The van der Waals surface area contributed by atoms with Gasteiger partial charge < -0.3 is 10.4 Å². The van der Waals surface area contributed by atoms with Crippen LogP contribution in [0.15, 0.2) is 18.2 Å². The zero-order valence-corrected chi connectivity index (χ0v) is 18.3. The van der Waals surface area contributed by atoms with Crippen LogP contribution in [0.4, 0.5) is 0 Å². The second-order valence-electron chi connectivity index (χ2n) is 8.16. The molecule has 1 heterocycles. The molecule has 1 aromatic carbocycles. The van der Waals surface area contributed by atoms with Crippen molar-refractivity contribution in [2.75, 3.05) is 6.54 Å². The van der Waals surface area contributed by atoms with E-state index in [1.807, 2.05) is 18.2 Å². The van der Waals surface area contributed by atoms with Crippen molar-refractivity contribution in [3.8, 4) is 0 Å². The van der Waals surface area contributed by atoms with Crippen LogP contribution >= 0.6 is 11.6 Å². The zero-order valence-electron chi connectivity index (χ0n) is 17.5. The van der Waals surface area contributed by atoms with E-state index in [0.29, 0.717) is 11.6 Å². The lowest BCUT2D eigenvalue weighted by atomic mass is 10.0. The molecule has 3 rings (SSSR count). The summed E-state index contributed by atoms with van der Waals surface area (Å²) in [5.41, 5.74) is 3.74. The normalized spacial score (nSPS) is 12.8. The fourth-order valence-corrected chi connectivity index (χ4v) is 4.42. The summed E-state index contributed by atoms with van der Waals surface area (Å²) in [5, 5.41) is 13.2. The maximum Gasteiger partial charge on any atom is 0.303 e. The summed E-state index contributed by atoms with van der Waals surface area (Å²) in [7, 11) is 0. The highest BCUT2D eigenvalue weighted by Gasteiger charge is 2.23. The highest BCUT2D eigenvalue weighted by atomic mass is 35.5. The Morgan fingerprint density at radius 1 is 1.00 bits per heavy atom. The first-order chi connectivity index (χ1) is 14.6. The number of aromatic nitrogens is 1. The number of amides is 1. The molecule has 1 aromatic heterocycles. The molecule has 0 atom stereocenters. The molecule has 2 N–H and O–H groups in total. The van der Waals surface area contributed by atoms with E-state index in [2.05, 4.69) is 5.32 Å². The van der Waals surface area contributed by atoms with Gasteiger partial charge in [-0.2, -0.15) is 0 Å². The van der Waals surface area contributed by atoms with Gasteiger partial charge in [-0.25, -0.2) is 0 Å². The second-order valence-corrected chi connectivity index (χ2v) is 8.59. The highest BCUT2D eigenvalue weighted by molar-refractivity contribution is 6.31. The molecule has 5 nitrogen and oxygen atoms in total. The van der Waals surface area contributed by atoms with Gasteiger partial charge >= 0.3 is 5.97 Å². The van der Waals surface area contributed by atoms with E-state index < -0.39 is 5.97 Å². The Morgan fingerprint density at radius 3 is 2.43 bits per heavy atom. The number of rotatable bonds is 12. The number of carbonyl (C=O) groups excluding carboxylic acids is 1. The predicted octanol–water partition coefficient (Wildman–Crippen LogP) is 5.70. The SMILES string of the molecule is O=C(O)CCCCCCCCCCNC(=O)c1c2c(nc3ccc(Cl)cc13)CCC2.